The molecule has 2 aromatic carbocycles. The summed E-state index contributed by atoms with van der Waals surface area (Å²) in [5, 5.41) is 14.7. The van der Waals surface area contributed by atoms with E-state index >= 15 is 0 Å². The fourth-order valence-electron chi connectivity index (χ4n) is 3.86. The summed E-state index contributed by atoms with van der Waals surface area (Å²) in [7, 11) is 0. The van der Waals surface area contributed by atoms with Crippen molar-refractivity contribution in [3.05, 3.63) is 64.0 Å². The summed E-state index contributed by atoms with van der Waals surface area (Å²) in [6.07, 6.45) is 1.88. The third kappa shape index (κ3) is 3.78. The Labute approximate surface area is 168 Å². The van der Waals surface area contributed by atoms with Gasteiger partial charge in [0.2, 0.25) is 0 Å². The number of nitrogens with zero attached hydrogens (tertiary/aromatic N) is 4. The molecule has 0 spiro atoms. The number of anilines is 1. The van der Waals surface area contributed by atoms with E-state index in [4.69, 9.17) is 0 Å². The minimum atomic E-state index is -0.492. The van der Waals surface area contributed by atoms with Crippen molar-refractivity contribution >= 4 is 28.3 Å². The van der Waals surface area contributed by atoms with Crippen molar-refractivity contribution in [1.29, 1.82) is 0 Å². The molecule has 150 valence electrons. The first kappa shape index (κ1) is 18.9. The molecule has 0 radical (unpaired) electrons. The second-order valence-corrected chi connectivity index (χ2v) is 7.21. The lowest BCUT2D eigenvalue weighted by Crippen LogP contribution is -2.28. The number of hydrogen-bond donors (Lipinski definition) is 1. The number of carbonyl (C=O) groups is 1. The Balaban J connectivity index is 1.51. The normalized spacial score (nSPS) is 13.8. The maximum absolute atomic E-state index is 12.8. The van der Waals surface area contributed by atoms with Crippen molar-refractivity contribution in [2.24, 2.45) is 0 Å². The molecule has 8 heteroatoms. The molecule has 29 heavy (non-hydrogen) atoms. The highest BCUT2D eigenvalue weighted by molar-refractivity contribution is 5.99. The van der Waals surface area contributed by atoms with Crippen molar-refractivity contribution < 1.29 is 9.72 Å². The Bertz CT molecular complexity index is 1070. The van der Waals surface area contributed by atoms with Crippen LogP contribution in [0.4, 0.5) is 11.4 Å². The quantitative estimate of drug-likeness (QED) is 0.510. The first-order chi connectivity index (χ1) is 14.0. The van der Waals surface area contributed by atoms with Crippen molar-refractivity contribution in [2.75, 3.05) is 25.0 Å². The zero-order valence-electron chi connectivity index (χ0n) is 16.3. The van der Waals surface area contributed by atoms with Gasteiger partial charge >= 0.3 is 0 Å². The molecular formula is C21H23N5O3. The van der Waals surface area contributed by atoms with Crippen LogP contribution >= 0.6 is 0 Å². The summed E-state index contributed by atoms with van der Waals surface area (Å²) in [4.78, 5) is 29.9. The molecule has 2 heterocycles. The zero-order valence-corrected chi connectivity index (χ0v) is 16.3. The molecule has 1 aromatic heterocycles. The first-order valence-corrected chi connectivity index (χ1v) is 9.78. The van der Waals surface area contributed by atoms with Crippen LogP contribution in [0.5, 0.6) is 0 Å². The second-order valence-electron chi connectivity index (χ2n) is 7.21. The van der Waals surface area contributed by atoms with Crippen LogP contribution in [0.1, 0.15) is 29.0 Å². The van der Waals surface area contributed by atoms with E-state index in [2.05, 4.69) is 14.9 Å². The summed E-state index contributed by atoms with van der Waals surface area (Å²) >= 11 is 0. The minimum absolute atomic E-state index is 0.145. The Kier molecular flexibility index (Phi) is 5.16. The molecule has 1 aliphatic rings. The number of imidazole rings is 1. The van der Waals surface area contributed by atoms with Gasteiger partial charge in [-0.1, -0.05) is 12.1 Å². The molecular weight excluding hydrogens is 370 g/mol. The van der Waals surface area contributed by atoms with Gasteiger partial charge in [0.1, 0.15) is 11.4 Å². The van der Waals surface area contributed by atoms with Gasteiger partial charge in [-0.25, -0.2) is 4.98 Å². The van der Waals surface area contributed by atoms with Gasteiger partial charge in [0.05, 0.1) is 16.0 Å². The number of nitro groups is 1. The largest absolute Gasteiger partial charge is 0.383 e. The Morgan fingerprint density at radius 2 is 1.97 bits per heavy atom. The van der Waals surface area contributed by atoms with Crippen molar-refractivity contribution in [1.82, 2.24) is 14.5 Å². The molecule has 1 fully saturated rings. The van der Waals surface area contributed by atoms with Gasteiger partial charge in [0.15, 0.2) is 0 Å². The number of rotatable bonds is 6. The third-order valence-electron chi connectivity index (χ3n) is 5.33. The predicted molar refractivity (Wildman–Crippen MR) is 111 cm³/mol. The predicted octanol–water partition coefficient (Wildman–Crippen LogP) is 3.60. The van der Waals surface area contributed by atoms with Gasteiger partial charge < -0.3 is 14.8 Å². The second kappa shape index (κ2) is 7.90. The number of nitrogens with one attached hydrogen (secondary N) is 1. The van der Waals surface area contributed by atoms with Crippen LogP contribution < -0.4 is 5.32 Å². The summed E-state index contributed by atoms with van der Waals surface area (Å²) in [5.41, 5.74) is 2.72. The van der Waals surface area contributed by atoms with Gasteiger partial charge in [0.25, 0.3) is 11.6 Å². The molecule has 8 nitrogen and oxygen atoms in total. The number of amides is 1. The highest BCUT2D eigenvalue weighted by Crippen LogP contribution is 2.26. The van der Waals surface area contributed by atoms with Crippen LogP contribution in [0.15, 0.2) is 42.5 Å². The standard InChI is InChI=1S/C21H23N5O3/c1-15-23-18-6-2-3-7-20(18)25(15)13-10-22-16-8-9-19(26(28)29)17(14-16)21(27)24-11-4-5-12-24/h2-3,6-9,14,22H,4-5,10-13H2,1H3. The van der Waals surface area contributed by atoms with E-state index in [1.807, 2.05) is 31.2 Å². The lowest BCUT2D eigenvalue weighted by molar-refractivity contribution is -0.385. The summed E-state index contributed by atoms with van der Waals surface area (Å²) < 4.78 is 2.13. The van der Waals surface area contributed by atoms with Crippen molar-refractivity contribution in [3.63, 3.8) is 0 Å². The summed E-state index contributed by atoms with van der Waals surface area (Å²) in [5.74, 6) is 0.663. The topological polar surface area (TPSA) is 93.3 Å². The van der Waals surface area contributed by atoms with Crippen LogP contribution in [0, 0.1) is 17.0 Å². The number of nitro benzene ring substituents is 1. The van der Waals surface area contributed by atoms with Gasteiger partial charge in [-0.3, -0.25) is 14.9 Å². The number of aromatic nitrogens is 2. The highest BCUT2D eigenvalue weighted by atomic mass is 16.6. The Morgan fingerprint density at radius 3 is 2.72 bits per heavy atom. The van der Waals surface area contributed by atoms with Gasteiger partial charge in [0, 0.05) is 37.9 Å². The van der Waals surface area contributed by atoms with Crippen LogP contribution in [0.3, 0.4) is 0 Å². The smallest absolute Gasteiger partial charge is 0.282 e. The van der Waals surface area contributed by atoms with Gasteiger partial charge in [-0.05, 0) is 44.0 Å². The molecule has 1 N–H and O–H groups in total. The van der Waals surface area contributed by atoms with Gasteiger partial charge in [-0.2, -0.15) is 0 Å². The molecule has 0 atom stereocenters. The van der Waals surface area contributed by atoms with E-state index in [-0.39, 0.29) is 17.2 Å². The molecule has 1 aliphatic heterocycles. The molecule has 0 unspecified atom stereocenters. The number of benzene rings is 2. The third-order valence-corrected chi connectivity index (χ3v) is 5.33. The fourth-order valence-corrected chi connectivity index (χ4v) is 3.86. The van der Waals surface area contributed by atoms with E-state index in [0.29, 0.717) is 31.9 Å². The van der Waals surface area contributed by atoms with Crippen molar-refractivity contribution in [3.8, 4) is 0 Å². The van der Waals surface area contributed by atoms with Crippen LogP contribution in [-0.4, -0.2) is 44.9 Å². The number of hydrogen-bond acceptors (Lipinski definition) is 5. The van der Waals surface area contributed by atoms with E-state index in [9.17, 15) is 14.9 Å². The van der Waals surface area contributed by atoms with E-state index in [1.165, 1.54) is 6.07 Å². The number of para-hydroxylation sites is 2. The monoisotopic (exact) mass is 393 g/mol. The average molecular weight is 393 g/mol. The molecule has 3 aromatic rings. The average Bonchev–Trinajstić information content (AvgIpc) is 3.35. The Hall–Kier alpha value is -3.42. The molecule has 4 rings (SSSR count). The maximum atomic E-state index is 12.8. The molecule has 0 aliphatic carbocycles. The minimum Gasteiger partial charge on any atom is -0.383 e. The SMILES string of the molecule is Cc1nc2ccccc2n1CCNc1ccc([N+](=O)[O-])c(C(=O)N2CCCC2)c1. The number of carbonyl (C=O) groups excluding carboxylic acids is 1. The number of aryl methyl sites for hydroxylation is 1. The van der Waals surface area contributed by atoms with E-state index in [1.54, 1.807) is 17.0 Å². The maximum Gasteiger partial charge on any atom is 0.282 e. The molecule has 1 saturated heterocycles. The van der Waals surface area contributed by atoms with E-state index < -0.39 is 4.92 Å². The van der Waals surface area contributed by atoms with Crippen LogP contribution in [-0.2, 0) is 6.54 Å². The summed E-state index contributed by atoms with van der Waals surface area (Å²) in [6.45, 7) is 4.58. The van der Waals surface area contributed by atoms with Crippen LogP contribution in [0.25, 0.3) is 11.0 Å². The lowest BCUT2D eigenvalue weighted by atomic mass is 10.1. The number of likely N-dealkylation sites (tertiary alicyclic amines) is 1. The van der Waals surface area contributed by atoms with Gasteiger partial charge in [-0.15, -0.1) is 0 Å². The molecule has 0 saturated carbocycles. The lowest BCUT2D eigenvalue weighted by Gasteiger charge is -2.16. The first-order valence-electron chi connectivity index (χ1n) is 9.78. The summed E-state index contributed by atoms with van der Waals surface area (Å²) in [6, 6.07) is 12.6. The highest BCUT2D eigenvalue weighted by Gasteiger charge is 2.26. The number of fused-ring (bicyclic) bond motifs is 1. The fraction of sp³-hybridized carbons (Fsp3) is 0.333. The van der Waals surface area contributed by atoms with E-state index in [0.717, 1.165) is 29.7 Å². The van der Waals surface area contributed by atoms with Crippen molar-refractivity contribution in [2.45, 2.75) is 26.3 Å². The Morgan fingerprint density at radius 1 is 1.21 bits per heavy atom. The molecule has 1 amide bonds. The molecule has 0 bridgehead atoms. The van der Waals surface area contributed by atoms with Crippen LogP contribution in [0.2, 0.25) is 0 Å². The zero-order chi connectivity index (χ0) is 20.4.